The molecular formula is C46H64F2N6O9S. The number of aromatic nitrogens is 1. The lowest BCUT2D eigenvalue weighted by molar-refractivity contribution is -0.139. The molecule has 0 radical (unpaired) electrons. The Kier molecular flexibility index (Phi) is 22.6. The van der Waals surface area contributed by atoms with E-state index in [1.54, 1.807) is 0 Å². The van der Waals surface area contributed by atoms with Crippen LogP contribution in [0.1, 0.15) is 50.9 Å². The fraction of sp³-hybridized carbons (Fsp3) is 0.522. The molecule has 0 spiro atoms. The van der Waals surface area contributed by atoms with Crippen LogP contribution in [0.2, 0.25) is 0 Å². The van der Waals surface area contributed by atoms with Crippen molar-refractivity contribution in [3.63, 3.8) is 0 Å². The Morgan fingerprint density at radius 1 is 0.875 bits per heavy atom. The summed E-state index contributed by atoms with van der Waals surface area (Å²) in [5.74, 6) is -1.65. The van der Waals surface area contributed by atoms with Crippen LogP contribution in [0, 0.1) is 17.0 Å². The van der Waals surface area contributed by atoms with Crippen LogP contribution in [0.3, 0.4) is 0 Å². The van der Waals surface area contributed by atoms with E-state index in [9.17, 15) is 28.7 Å². The third kappa shape index (κ3) is 17.8. The minimum absolute atomic E-state index is 0.104. The first-order chi connectivity index (χ1) is 30.8. The predicted molar refractivity (Wildman–Crippen MR) is 241 cm³/mol. The second-order valence-electron chi connectivity index (χ2n) is 16.1. The number of amides is 4. The molecule has 1 aliphatic heterocycles. The van der Waals surface area contributed by atoms with E-state index < -0.39 is 41.1 Å². The number of nitrogens with two attached hydrogens (primary N) is 1. The maximum atomic E-state index is 15.1. The van der Waals surface area contributed by atoms with Crippen molar-refractivity contribution >= 4 is 35.4 Å². The van der Waals surface area contributed by atoms with Crippen LogP contribution in [-0.2, 0) is 44.7 Å². The average Bonchev–Trinajstić information content (AvgIpc) is 3.81. The Balaban J connectivity index is 1.11. The molecule has 64 heavy (non-hydrogen) atoms. The summed E-state index contributed by atoms with van der Waals surface area (Å²) in [7, 11) is 0. The smallest absolute Gasteiger partial charge is 0.253 e. The van der Waals surface area contributed by atoms with Crippen molar-refractivity contribution in [1.29, 1.82) is 0 Å². The molecule has 4 rings (SSSR count). The first-order valence-corrected chi connectivity index (χ1v) is 22.7. The first kappa shape index (κ1) is 52.1. The molecule has 0 bridgehead atoms. The highest BCUT2D eigenvalue weighted by Crippen LogP contribution is 2.41. The summed E-state index contributed by atoms with van der Waals surface area (Å²) in [5, 5.41) is 15.6. The van der Waals surface area contributed by atoms with Gasteiger partial charge in [0, 0.05) is 73.5 Å². The highest BCUT2D eigenvalue weighted by molar-refractivity contribution is 7.99. The number of halogens is 2. The quantitative estimate of drug-likeness (QED) is 0.0416. The lowest BCUT2D eigenvalue weighted by atomic mass is 9.83. The summed E-state index contributed by atoms with van der Waals surface area (Å²) >= 11 is 1.38. The van der Waals surface area contributed by atoms with E-state index in [0.29, 0.717) is 103 Å². The number of rotatable bonds is 31. The number of carbonyl (C=O) groups excluding carboxylic acids is 4. The third-order valence-corrected chi connectivity index (χ3v) is 10.9. The van der Waals surface area contributed by atoms with Gasteiger partial charge in [-0.1, -0.05) is 51.1 Å². The number of benzene rings is 2. The van der Waals surface area contributed by atoms with Gasteiger partial charge >= 0.3 is 0 Å². The number of ether oxygens (including phenoxy) is 4. The topological polar surface area (TPSA) is 187 Å². The molecule has 5 N–H and O–H groups in total. The van der Waals surface area contributed by atoms with E-state index >= 15 is 4.39 Å². The Labute approximate surface area is 379 Å². The molecule has 0 fully saturated rings. The van der Waals surface area contributed by atoms with Crippen molar-refractivity contribution in [3.05, 3.63) is 95.8 Å². The van der Waals surface area contributed by atoms with Gasteiger partial charge in [-0.2, -0.15) is 11.8 Å². The van der Waals surface area contributed by atoms with E-state index in [-0.39, 0.29) is 36.1 Å². The van der Waals surface area contributed by atoms with E-state index in [0.717, 1.165) is 28.3 Å². The second-order valence-corrected chi connectivity index (χ2v) is 17.2. The van der Waals surface area contributed by atoms with Gasteiger partial charge in [0.05, 0.1) is 71.2 Å². The Morgan fingerprint density at radius 3 is 2.12 bits per heavy atom. The summed E-state index contributed by atoms with van der Waals surface area (Å²) in [6.07, 6.45) is 3.90. The molecule has 0 saturated heterocycles. The number of imide groups is 1. The summed E-state index contributed by atoms with van der Waals surface area (Å²) in [5.41, 5.74) is 7.95. The number of nitrogens with one attached hydrogen (secondary N) is 2. The molecule has 2 heterocycles. The normalized spacial score (nSPS) is 13.8. The zero-order valence-electron chi connectivity index (χ0n) is 37.1. The zero-order chi connectivity index (χ0) is 46.3. The van der Waals surface area contributed by atoms with Crippen LogP contribution < -0.4 is 16.4 Å². The Bertz CT molecular complexity index is 1930. The lowest BCUT2D eigenvalue weighted by Crippen LogP contribution is -2.44. The number of aliphatic hydroxyl groups excluding tert-OH is 1. The van der Waals surface area contributed by atoms with Crippen LogP contribution in [0.15, 0.2) is 72.9 Å². The van der Waals surface area contributed by atoms with Crippen LogP contribution >= 0.6 is 11.8 Å². The molecule has 0 aliphatic carbocycles. The monoisotopic (exact) mass is 914 g/mol. The largest absolute Gasteiger partial charge is 0.378 e. The number of carbonyl (C=O) groups is 4. The lowest BCUT2D eigenvalue weighted by Gasteiger charge is -2.41. The van der Waals surface area contributed by atoms with E-state index in [1.807, 2.05) is 52.1 Å². The fourth-order valence-corrected chi connectivity index (χ4v) is 7.75. The van der Waals surface area contributed by atoms with Crippen molar-refractivity contribution in [3.8, 4) is 11.1 Å². The Hall–Kier alpha value is -4.53. The van der Waals surface area contributed by atoms with Gasteiger partial charge in [0.2, 0.25) is 11.8 Å². The van der Waals surface area contributed by atoms with E-state index in [2.05, 4.69) is 31.4 Å². The molecule has 2 atom stereocenters. The molecule has 0 saturated carbocycles. The van der Waals surface area contributed by atoms with Crippen molar-refractivity contribution in [1.82, 2.24) is 25.0 Å². The SMILES string of the molecule is CC(C)(C)[C@H](c1cc(-c2cc(F)ccc2F)cn1Cc1ccccc1)N(CCCN)C(=O)CSCCC(=O)NCCOCCOCCOCCOCCNC(O)CN1C(=O)C=CC1=O. The van der Waals surface area contributed by atoms with Crippen LogP contribution in [0.5, 0.6) is 0 Å². The maximum Gasteiger partial charge on any atom is 0.253 e. The molecule has 4 amide bonds. The summed E-state index contributed by atoms with van der Waals surface area (Å²) in [6, 6.07) is 14.6. The van der Waals surface area contributed by atoms with E-state index in [4.69, 9.17) is 24.7 Å². The van der Waals surface area contributed by atoms with Crippen molar-refractivity contribution < 1.29 is 52.0 Å². The van der Waals surface area contributed by atoms with Crippen LogP contribution in [0.4, 0.5) is 8.78 Å². The van der Waals surface area contributed by atoms with Gasteiger partial charge in [-0.05, 0) is 48.2 Å². The molecule has 1 aliphatic rings. The van der Waals surface area contributed by atoms with Gasteiger partial charge in [0.25, 0.3) is 11.8 Å². The van der Waals surface area contributed by atoms with Gasteiger partial charge in [-0.25, -0.2) is 8.78 Å². The van der Waals surface area contributed by atoms with Gasteiger partial charge < -0.3 is 44.6 Å². The molecule has 15 nitrogen and oxygen atoms in total. The van der Waals surface area contributed by atoms with Gasteiger partial charge in [0.1, 0.15) is 17.9 Å². The third-order valence-electron chi connectivity index (χ3n) is 9.97. The minimum atomic E-state index is -1.05. The molecule has 1 unspecified atom stereocenters. The average molecular weight is 915 g/mol. The summed E-state index contributed by atoms with van der Waals surface area (Å²) < 4.78 is 53.4. The Morgan fingerprint density at radius 2 is 1.50 bits per heavy atom. The molecule has 18 heteroatoms. The number of β-amino-alcohol motifs (C(OH)–C–C–N with tert-alkyl or cyclic N) is 1. The van der Waals surface area contributed by atoms with Crippen LogP contribution in [-0.4, -0.2) is 146 Å². The van der Waals surface area contributed by atoms with Crippen molar-refractivity contribution in [2.75, 3.05) is 97.1 Å². The van der Waals surface area contributed by atoms with Crippen molar-refractivity contribution in [2.24, 2.45) is 11.1 Å². The maximum absolute atomic E-state index is 15.1. The number of hydrogen-bond acceptors (Lipinski definition) is 12. The molecular weight excluding hydrogens is 851 g/mol. The van der Waals surface area contributed by atoms with Gasteiger partial charge in [-0.3, -0.25) is 29.4 Å². The number of aliphatic hydroxyl groups is 1. The highest BCUT2D eigenvalue weighted by Gasteiger charge is 2.37. The number of thioether (sulfide) groups is 1. The second kappa shape index (κ2) is 27.7. The number of hydrogen-bond donors (Lipinski definition) is 4. The molecule has 352 valence electrons. The van der Waals surface area contributed by atoms with Gasteiger partial charge in [-0.15, -0.1) is 0 Å². The standard InChI is InChI=1S/C46H64F2N6O9S/c1-46(2,3)45(39-28-35(37-29-36(47)10-11-38(37)48)31-52(39)30-34-8-5-4-6-9-34)53(18-7-15-49)44(59)33-64-27-14-40(55)50-16-19-60-21-23-62-25-26-63-24-22-61-20-17-51-41(56)32-54-42(57)12-13-43(54)58/h4-6,8-13,28-29,31,41,45,51,56H,7,14-27,30,32-33,49H2,1-3H3,(H,50,55)/t41?,45-/m0/s1. The minimum Gasteiger partial charge on any atom is -0.378 e. The highest BCUT2D eigenvalue weighted by atomic mass is 32.2. The fourth-order valence-electron chi connectivity index (χ4n) is 6.94. The summed E-state index contributed by atoms with van der Waals surface area (Å²) in [6.45, 7) is 10.7. The predicted octanol–water partition coefficient (Wildman–Crippen LogP) is 3.89. The molecule has 2 aromatic carbocycles. The molecule has 3 aromatic rings. The van der Waals surface area contributed by atoms with Crippen LogP contribution in [0.25, 0.3) is 11.1 Å². The van der Waals surface area contributed by atoms with E-state index in [1.165, 1.54) is 30.0 Å². The number of nitrogens with zero attached hydrogens (tertiary/aromatic N) is 3. The van der Waals surface area contributed by atoms with Gasteiger partial charge in [0.15, 0.2) is 0 Å². The summed E-state index contributed by atoms with van der Waals surface area (Å²) in [4.78, 5) is 52.5. The molecule has 1 aromatic heterocycles. The zero-order valence-corrected chi connectivity index (χ0v) is 37.9. The first-order valence-electron chi connectivity index (χ1n) is 21.6. The van der Waals surface area contributed by atoms with Crippen molar-refractivity contribution in [2.45, 2.75) is 52.4 Å².